The lowest BCUT2D eigenvalue weighted by Crippen LogP contribution is -2.30. The summed E-state index contributed by atoms with van der Waals surface area (Å²) in [6.45, 7) is 3.98. The van der Waals surface area contributed by atoms with Gasteiger partial charge < -0.3 is 10.0 Å². The SMILES string of the molecule is CC(C)c1nc(C(=O)N(C)CCC(=O)O)nn1-c1ccccc1Cl. The van der Waals surface area contributed by atoms with Gasteiger partial charge in [-0.2, -0.15) is 0 Å². The number of carbonyl (C=O) groups excluding carboxylic acids is 1. The van der Waals surface area contributed by atoms with Crippen LogP contribution in [0.1, 0.15) is 42.6 Å². The summed E-state index contributed by atoms with van der Waals surface area (Å²) < 4.78 is 1.56. The van der Waals surface area contributed by atoms with E-state index < -0.39 is 11.9 Å². The smallest absolute Gasteiger partial charge is 0.305 e. The summed E-state index contributed by atoms with van der Waals surface area (Å²) in [5.74, 6) is -0.736. The van der Waals surface area contributed by atoms with E-state index >= 15 is 0 Å². The number of para-hydroxylation sites is 1. The molecule has 8 heteroatoms. The minimum absolute atomic E-state index is 0.0199. The minimum atomic E-state index is -0.966. The van der Waals surface area contributed by atoms with E-state index in [9.17, 15) is 9.59 Å². The Morgan fingerprint density at radius 1 is 1.33 bits per heavy atom. The molecule has 0 radical (unpaired) electrons. The molecular weight excluding hydrogens is 332 g/mol. The molecule has 24 heavy (non-hydrogen) atoms. The van der Waals surface area contributed by atoms with E-state index in [2.05, 4.69) is 10.1 Å². The predicted molar refractivity (Wildman–Crippen MR) is 89.7 cm³/mol. The van der Waals surface area contributed by atoms with Crippen molar-refractivity contribution in [3.63, 3.8) is 0 Å². The number of aliphatic carboxylic acids is 1. The van der Waals surface area contributed by atoms with E-state index in [-0.39, 0.29) is 24.7 Å². The number of nitrogens with zero attached hydrogens (tertiary/aromatic N) is 4. The monoisotopic (exact) mass is 350 g/mol. The van der Waals surface area contributed by atoms with Gasteiger partial charge in [-0.3, -0.25) is 9.59 Å². The van der Waals surface area contributed by atoms with Crippen molar-refractivity contribution in [1.29, 1.82) is 0 Å². The Labute approximate surface area is 144 Å². The van der Waals surface area contributed by atoms with Crippen molar-refractivity contribution in [3.05, 3.63) is 40.9 Å². The number of aromatic nitrogens is 3. The number of halogens is 1. The first-order valence-electron chi connectivity index (χ1n) is 7.50. The lowest BCUT2D eigenvalue weighted by molar-refractivity contribution is -0.137. The van der Waals surface area contributed by atoms with Crippen LogP contribution in [-0.4, -0.2) is 50.2 Å². The van der Waals surface area contributed by atoms with E-state index in [1.807, 2.05) is 26.0 Å². The largest absolute Gasteiger partial charge is 0.481 e. The molecule has 1 aromatic heterocycles. The summed E-state index contributed by atoms with van der Waals surface area (Å²) in [6, 6.07) is 7.17. The highest BCUT2D eigenvalue weighted by atomic mass is 35.5. The molecule has 0 atom stereocenters. The average molecular weight is 351 g/mol. The summed E-state index contributed by atoms with van der Waals surface area (Å²) in [5, 5.41) is 13.5. The summed E-state index contributed by atoms with van der Waals surface area (Å²) in [4.78, 5) is 28.7. The quantitative estimate of drug-likeness (QED) is 0.865. The molecule has 0 saturated carbocycles. The van der Waals surface area contributed by atoms with Gasteiger partial charge in [-0.25, -0.2) is 9.67 Å². The highest BCUT2D eigenvalue weighted by Crippen LogP contribution is 2.23. The molecule has 0 aliphatic carbocycles. The molecular formula is C16H19ClN4O3. The zero-order valence-corrected chi connectivity index (χ0v) is 14.5. The molecule has 128 valence electrons. The summed E-state index contributed by atoms with van der Waals surface area (Å²) in [5.41, 5.74) is 0.641. The number of rotatable bonds is 6. The number of hydrogen-bond acceptors (Lipinski definition) is 4. The van der Waals surface area contributed by atoms with Gasteiger partial charge in [-0.1, -0.05) is 37.6 Å². The molecule has 2 aromatic rings. The molecule has 0 aliphatic rings. The third kappa shape index (κ3) is 3.91. The second kappa shape index (κ2) is 7.44. The molecule has 0 saturated heterocycles. The minimum Gasteiger partial charge on any atom is -0.481 e. The Bertz CT molecular complexity index is 758. The Morgan fingerprint density at radius 2 is 2.00 bits per heavy atom. The fraction of sp³-hybridized carbons (Fsp3) is 0.375. The van der Waals surface area contributed by atoms with Gasteiger partial charge in [0.25, 0.3) is 5.91 Å². The molecule has 1 N–H and O–H groups in total. The number of amides is 1. The Morgan fingerprint density at radius 3 is 2.58 bits per heavy atom. The van der Waals surface area contributed by atoms with Crippen molar-refractivity contribution in [2.45, 2.75) is 26.2 Å². The van der Waals surface area contributed by atoms with Crippen LogP contribution in [0.4, 0.5) is 0 Å². The Hall–Kier alpha value is -2.41. The Balaban J connectivity index is 2.37. The van der Waals surface area contributed by atoms with Crippen molar-refractivity contribution in [2.75, 3.05) is 13.6 Å². The van der Waals surface area contributed by atoms with Crippen LogP contribution >= 0.6 is 11.6 Å². The Kier molecular flexibility index (Phi) is 5.56. The van der Waals surface area contributed by atoms with Gasteiger partial charge in [0.1, 0.15) is 5.82 Å². The van der Waals surface area contributed by atoms with Crippen molar-refractivity contribution in [3.8, 4) is 5.69 Å². The highest BCUT2D eigenvalue weighted by Gasteiger charge is 2.23. The molecule has 0 fully saturated rings. The van der Waals surface area contributed by atoms with Crippen LogP contribution in [0.2, 0.25) is 5.02 Å². The van der Waals surface area contributed by atoms with E-state index in [1.54, 1.807) is 16.8 Å². The first-order valence-corrected chi connectivity index (χ1v) is 7.88. The van der Waals surface area contributed by atoms with Crippen LogP contribution in [0.25, 0.3) is 5.69 Å². The zero-order valence-electron chi connectivity index (χ0n) is 13.7. The molecule has 0 unspecified atom stereocenters. The fourth-order valence-electron chi connectivity index (χ4n) is 2.12. The lowest BCUT2D eigenvalue weighted by atomic mass is 10.2. The molecule has 1 heterocycles. The summed E-state index contributed by atoms with van der Waals surface area (Å²) in [6.07, 6.45) is -0.134. The first-order chi connectivity index (χ1) is 11.3. The van der Waals surface area contributed by atoms with E-state index in [0.29, 0.717) is 16.5 Å². The maximum absolute atomic E-state index is 12.4. The second-order valence-electron chi connectivity index (χ2n) is 5.68. The van der Waals surface area contributed by atoms with Crippen LogP contribution in [0, 0.1) is 0 Å². The van der Waals surface area contributed by atoms with Gasteiger partial charge in [0.2, 0.25) is 5.82 Å². The number of carboxylic acids is 1. The average Bonchev–Trinajstić information content (AvgIpc) is 2.97. The zero-order chi connectivity index (χ0) is 17.9. The molecule has 0 spiro atoms. The van der Waals surface area contributed by atoms with E-state index in [0.717, 1.165) is 0 Å². The number of hydrogen-bond donors (Lipinski definition) is 1. The standard InChI is InChI=1S/C16H19ClN4O3/c1-10(2)15-18-14(16(24)20(3)9-8-13(22)23)19-21(15)12-7-5-4-6-11(12)17/h4-7,10H,8-9H2,1-3H3,(H,22,23). The van der Waals surface area contributed by atoms with E-state index in [4.69, 9.17) is 16.7 Å². The van der Waals surface area contributed by atoms with E-state index in [1.165, 1.54) is 11.9 Å². The molecule has 0 aliphatic heterocycles. The van der Waals surface area contributed by atoms with Crippen molar-refractivity contribution in [1.82, 2.24) is 19.7 Å². The highest BCUT2D eigenvalue weighted by molar-refractivity contribution is 6.32. The van der Waals surface area contributed by atoms with Gasteiger partial charge in [0, 0.05) is 19.5 Å². The maximum atomic E-state index is 12.4. The van der Waals surface area contributed by atoms with Crippen LogP contribution in [0.3, 0.4) is 0 Å². The van der Waals surface area contributed by atoms with Crippen molar-refractivity contribution < 1.29 is 14.7 Å². The van der Waals surface area contributed by atoms with Gasteiger partial charge in [0.15, 0.2) is 0 Å². The number of benzene rings is 1. The van der Waals surface area contributed by atoms with Crippen LogP contribution < -0.4 is 0 Å². The van der Waals surface area contributed by atoms with Crippen molar-refractivity contribution >= 4 is 23.5 Å². The normalized spacial score (nSPS) is 10.9. The molecule has 1 amide bonds. The third-order valence-corrected chi connectivity index (χ3v) is 3.75. The third-order valence-electron chi connectivity index (χ3n) is 3.43. The summed E-state index contributed by atoms with van der Waals surface area (Å²) >= 11 is 6.22. The summed E-state index contributed by atoms with van der Waals surface area (Å²) in [7, 11) is 1.52. The molecule has 1 aromatic carbocycles. The van der Waals surface area contributed by atoms with Gasteiger partial charge in [-0.15, -0.1) is 5.10 Å². The fourth-order valence-corrected chi connectivity index (χ4v) is 2.34. The topological polar surface area (TPSA) is 88.3 Å². The lowest BCUT2D eigenvalue weighted by Gasteiger charge is -2.13. The first kappa shape index (κ1) is 17.9. The van der Waals surface area contributed by atoms with Gasteiger partial charge in [0.05, 0.1) is 17.1 Å². The van der Waals surface area contributed by atoms with Crippen LogP contribution in [0.15, 0.2) is 24.3 Å². The van der Waals surface area contributed by atoms with Gasteiger partial charge in [-0.05, 0) is 12.1 Å². The second-order valence-corrected chi connectivity index (χ2v) is 6.09. The molecule has 2 rings (SSSR count). The van der Waals surface area contributed by atoms with Gasteiger partial charge >= 0.3 is 5.97 Å². The van der Waals surface area contributed by atoms with Crippen LogP contribution in [-0.2, 0) is 4.79 Å². The maximum Gasteiger partial charge on any atom is 0.305 e. The van der Waals surface area contributed by atoms with Crippen molar-refractivity contribution in [2.24, 2.45) is 0 Å². The molecule has 7 nitrogen and oxygen atoms in total. The van der Waals surface area contributed by atoms with Crippen LogP contribution in [0.5, 0.6) is 0 Å². The number of carbonyl (C=O) groups is 2. The number of carboxylic acid groups (broad SMARTS) is 1. The molecule has 0 bridgehead atoms. The predicted octanol–water partition coefficient (Wildman–Crippen LogP) is 2.59.